The number of nitrogens with one attached hydrogen (secondary N) is 2. The van der Waals surface area contributed by atoms with Gasteiger partial charge in [0.15, 0.2) is 0 Å². The maximum absolute atomic E-state index is 12.0. The lowest BCUT2D eigenvalue weighted by atomic mass is 10.1. The molecule has 2 N–H and O–H groups in total. The van der Waals surface area contributed by atoms with Gasteiger partial charge >= 0.3 is 0 Å². The van der Waals surface area contributed by atoms with Crippen molar-refractivity contribution in [2.75, 3.05) is 5.32 Å². The van der Waals surface area contributed by atoms with Crippen LogP contribution in [0.25, 0.3) is 0 Å². The second kappa shape index (κ2) is 5.81. The Morgan fingerprint density at radius 2 is 1.68 bits per heavy atom. The molecule has 0 radical (unpaired) electrons. The fourth-order valence-corrected chi connectivity index (χ4v) is 2.37. The van der Waals surface area contributed by atoms with E-state index in [0.29, 0.717) is 29.7 Å². The largest absolute Gasteiger partial charge is 0.326 e. The van der Waals surface area contributed by atoms with Crippen molar-refractivity contribution in [3.05, 3.63) is 65.2 Å². The first-order valence-electron chi connectivity index (χ1n) is 6.97. The van der Waals surface area contributed by atoms with Gasteiger partial charge in [0, 0.05) is 12.1 Å². The molecule has 2 aromatic rings. The van der Waals surface area contributed by atoms with E-state index >= 15 is 0 Å². The molecule has 0 fully saturated rings. The lowest BCUT2D eigenvalue weighted by Crippen LogP contribution is -2.19. The van der Waals surface area contributed by atoms with E-state index in [0.717, 1.165) is 5.56 Å². The van der Waals surface area contributed by atoms with Crippen LogP contribution in [0, 0.1) is 0 Å². The monoisotopic (exact) mass is 294 g/mol. The van der Waals surface area contributed by atoms with Crippen LogP contribution < -0.4 is 10.6 Å². The molecule has 0 aromatic heterocycles. The normalized spacial score (nSPS) is 12.7. The molecule has 3 rings (SSSR count). The first kappa shape index (κ1) is 14.0. The summed E-state index contributed by atoms with van der Waals surface area (Å²) in [5.41, 5.74) is 2.25. The zero-order valence-corrected chi connectivity index (χ0v) is 11.8. The molecule has 1 aliphatic heterocycles. The van der Waals surface area contributed by atoms with E-state index < -0.39 is 11.8 Å². The van der Waals surface area contributed by atoms with Gasteiger partial charge in [-0.1, -0.05) is 30.3 Å². The molecule has 5 heteroatoms. The average molecular weight is 294 g/mol. The summed E-state index contributed by atoms with van der Waals surface area (Å²) in [7, 11) is 0. The van der Waals surface area contributed by atoms with Crippen molar-refractivity contribution < 1.29 is 14.4 Å². The number of aryl methyl sites for hydroxylation is 1. The average Bonchev–Trinajstić information content (AvgIpc) is 2.81. The van der Waals surface area contributed by atoms with Gasteiger partial charge in [0.1, 0.15) is 0 Å². The molecule has 1 aliphatic rings. The summed E-state index contributed by atoms with van der Waals surface area (Å²) in [6.45, 7) is 0. The molecule has 0 spiro atoms. The predicted octanol–water partition coefficient (Wildman–Crippen LogP) is 2.14. The minimum absolute atomic E-state index is 0.131. The zero-order chi connectivity index (χ0) is 15.5. The number of rotatable bonds is 4. The van der Waals surface area contributed by atoms with Crippen molar-refractivity contribution in [3.8, 4) is 0 Å². The highest BCUT2D eigenvalue weighted by Crippen LogP contribution is 2.20. The van der Waals surface area contributed by atoms with Gasteiger partial charge in [0.25, 0.3) is 11.8 Å². The molecule has 0 aliphatic carbocycles. The third-order valence-corrected chi connectivity index (χ3v) is 3.50. The Bertz CT molecular complexity index is 754. The lowest BCUT2D eigenvalue weighted by molar-refractivity contribution is -0.116. The van der Waals surface area contributed by atoms with Crippen molar-refractivity contribution in [2.45, 2.75) is 12.8 Å². The Hall–Kier alpha value is -2.95. The number of fused-ring (bicyclic) bond motifs is 1. The van der Waals surface area contributed by atoms with E-state index in [1.165, 1.54) is 6.07 Å². The van der Waals surface area contributed by atoms with Crippen LogP contribution in [0.15, 0.2) is 48.5 Å². The molecular weight excluding hydrogens is 280 g/mol. The van der Waals surface area contributed by atoms with E-state index in [2.05, 4.69) is 10.6 Å². The van der Waals surface area contributed by atoms with Crippen LogP contribution in [0.3, 0.4) is 0 Å². The van der Waals surface area contributed by atoms with Gasteiger partial charge in [0.05, 0.1) is 11.1 Å². The third-order valence-electron chi connectivity index (χ3n) is 3.50. The minimum atomic E-state index is -0.430. The van der Waals surface area contributed by atoms with Crippen LogP contribution in [0.4, 0.5) is 5.69 Å². The maximum atomic E-state index is 12.0. The molecule has 0 saturated heterocycles. The Kier molecular flexibility index (Phi) is 3.70. The SMILES string of the molecule is O=C(CCc1ccccc1)Nc1ccc2c(c1)C(=O)NC2=O. The summed E-state index contributed by atoms with van der Waals surface area (Å²) >= 11 is 0. The summed E-state index contributed by atoms with van der Waals surface area (Å²) in [6.07, 6.45) is 1.00. The van der Waals surface area contributed by atoms with Gasteiger partial charge in [-0.2, -0.15) is 0 Å². The van der Waals surface area contributed by atoms with Gasteiger partial charge < -0.3 is 5.32 Å². The molecule has 0 unspecified atom stereocenters. The second-order valence-corrected chi connectivity index (χ2v) is 5.08. The Balaban J connectivity index is 1.64. The second-order valence-electron chi connectivity index (χ2n) is 5.08. The highest BCUT2D eigenvalue weighted by molar-refractivity contribution is 6.22. The van der Waals surface area contributed by atoms with E-state index in [4.69, 9.17) is 0 Å². The molecule has 0 atom stereocenters. The summed E-state index contributed by atoms with van der Waals surface area (Å²) in [6, 6.07) is 14.4. The molecule has 22 heavy (non-hydrogen) atoms. The summed E-state index contributed by atoms with van der Waals surface area (Å²) < 4.78 is 0. The smallest absolute Gasteiger partial charge is 0.259 e. The molecular formula is C17H14N2O3. The minimum Gasteiger partial charge on any atom is -0.326 e. The Morgan fingerprint density at radius 3 is 2.45 bits per heavy atom. The molecule has 1 heterocycles. The quantitative estimate of drug-likeness (QED) is 0.848. The number of carbonyl (C=O) groups excluding carboxylic acids is 3. The van der Waals surface area contributed by atoms with Crippen LogP contribution in [0.1, 0.15) is 32.7 Å². The van der Waals surface area contributed by atoms with Crippen molar-refractivity contribution in [1.82, 2.24) is 5.32 Å². The van der Waals surface area contributed by atoms with Crippen LogP contribution in [0.5, 0.6) is 0 Å². The molecule has 2 aromatic carbocycles. The summed E-state index contributed by atoms with van der Waals surface area (Å²) in [5, 5.41) is 4.97. The number of hydrogen-bond acceptors (Lipinski definition) is 3. The fraction of sp³-hybridized carbons (Fsp3) is 0.118. The van der Waals surface area contributed by atoms with Gasteiger partial charge in [0.2, 0.25) is 5.91 Å². The predicted molar refractivity (Wildman–Crippen MR) is 81.6 cm³/mol. The van der Waals surface area contributed by atoms with E-state index in [1.807, 2.05) is 30.3 Å². The third kappa shape index (κ3) is 2.88. The summed E-state index contributed by atoms with van der Waals surface area (Å²) in [5.74, 6) is -0.962. The maximum Gasteiger partial charge on any atom is 0.259 e. The van der Waals surface area contributed by atoms with Gasteiger partial charge in [-0.3, -0.25) is 19.7 Å². The van der Waals surface area contributed by atoms with Crippen molar-refractivity contribution in [3.63, 3.8) is 0 Å². The first-order chi connectivity index (χ1) is 10.6. The van der Waals surface area contributed by atoms with Gasteiger partial charge in [-0.25, -0.2) is 0 Å². The molecule has 0 saturated carbocycles. The summed E-state index contributed by atoms with van der Waals surface area (Å²) in [4.78, 5) is 35.0. The van der Waals surface area contributed by atoms with Crippen molar-refractivity contribution in [1.29, 1.82) is 0 Å². The van der Waals surface area contributed by atoms with Crippen LogP contribution in [-0.2, 0) is 11.2 Å². The fourth-order valence-electron chi connectivity index (χ4n) is 2.37. The van der Waals surface area contributed by atoms with Crippen LogP contribution in [0.2, 0.25) is 0 Å². The van der Waals surface area contributed by atoms with E-state index in [-0.39, 0.29) is 5.91 Å². The number of benzene rings is 2. The lowest BCUT2D eigenvalue weighted by Gasteiger charge is -2.06. The van der Waals surface area contributed by atoms with E-state index in [1.54, 1.807) is 12.1 Å². The van der Waals surface area contributed by atoms with E-state index in [9.17, 15) is 14.4 Å². The number of amides is 3. The topological polar surface area (TPSA) is 75.3 Å². The number of hydrogen-bond donors (Lipinski definition) is 2. The molecule has 0 bridgehead atoms. The van der Waals surface area contributed by atoms with Gasteiger partial charge in [-0.15, -0.1) is 0 Å². The van der Waals surface area contributed by atoms with Crippen LogP contribution in [-0.4, -0.2) is 17.7 Å². The Labute approximate surface area is 127 Å². The molecule has 5 nitrogen and oxygen atoms in total. The van der Waals surface area contributed by atoms with Crippen LogP contribution >= 0.6 is 0 Å². The van der Waals surface area contributed by atoms with Crippen molar-refractivity contribution >= 4 is 23.4 Å². The number of carbonyl (C=O) groups is 3. The number of anilines is 1. The molecule has 3 amide bonds. The highest BCUT2D eigenvalue weighted by Gasteiger charge is 2.26. The molecule has 110 valence electrons. The first-order valence-corrected chi connectivity index (χ1v) is 6.97. The standard InChI is InChI=1S/C17H14N2O3/c20-15(9-6-11-4-2-1-3-5-11)18-12-7-8-13-14(10-12)17(22)19-16(13)21/h1-5,7-8,10H,6,9H2,(H,18,20)(H,19,21,22). The highest BCUT2D eigenvalue weighted by atomic mass is 16.2. The van der Waals surface area contributed by atoms with Crippen molar-refractivity contribution in [2.24, 2.45) is 0 Å². The van der Waals surface area contributed by atoms with Gasteiger partial charge in [-0.05, 0) is 30.2 Å². The number of imide groups is 1. The Morgan fingerprint density at radius 1 is 0.955 bits per heavy atom. The zero-order valence-electron chi connectivity index (χ0n) is 11.8.